The number of rotatable bonds is 4. The van der Waals surface area contributed by atoms with E-state index >= 15 is 0 Å². The first kappa shape index (κ1) is 15.9. The average Bonchev–Trinajstić information content (AvgIpc) is 2.54. The number of urea groups is 1. The van der Waals surface area contributed by atoms with Crippen LogP contribution in [0.1, 0.15) is 6.92 Å². The Morgan fingerprint density at radius 3 is 2.27 bits per heavy atom. The molecule has 0 heterocycles. The molecule has 0 aromatic heterocycles. The van der Waals surface area contributed by atoms with E-state index in [-0.39, 0.29) is 6.03 Å². The third-order valence-corrected chi connectivity index (χ3v) is 3.65. The van der Waals surface area contributed by atoms with Crippen LogP contribution in [-0.4, -0.2) is 38.6 Å². The largest absolute Gasteiger partial charge is 0.378 e. The number of hydrogen-bond donors (Lipinski definition) is 1. The SMILES string of the molecule is CCN(C)C(=O)Nc1cccc(-c2ccc(N(C)C)cc2)c1. The lowest BCUT2D eigenvalue weighted by Gasteiger charge is -2.16. The molecule has 0 saturated carbocycles. The van der Waals surface area contributed by atoms with Gasteiger partial charge in [0.1, 0.15) is 0 Å². The van der Waals surface area contributed by atoms with Crippen molar-refractivity contribution in [1.82, 2.24) is 4.90 Å². The van der Waals surface area contributed by atoms with Gasteiger partial charge in [0.05, 0.1) is 0 Å². The van der Waals surface area contributed by atoms with Crippen LogP contribution >= 0.6 is 0 Å². The van der Waals surface area contributed by atoms with Crippen molar-refractivity contribution in [2.24, 2.45) is 0 Å². The molecule has 116 valence electrons. The molecule has 2 rings (SSSR count). The minimum absolute atomic E-state index is 0.0948. The highest BCUT2D eigenvalue weighted by Gasteiger charge is 2.07. The minimum atomic E-state index is -0.0948. The quantitative estimate of drug-likeness (QED) is 0.929. The Hall–Kier alpha value is -2.49. The molecule has 4 heteroatoms. The summed E-state index contributed by atoms with van der Waals surface area (Å²) in [7, 11) is 5.82. The van der Waals surface area contributed by atoms with Crippen LogP contribution in [0.3, 0.4) is 0 Å². The molecule has 0 atom stereocenters. The van der Waals surface area contributed by atoms with Crippen molar-refractivity contribution < 1.29 is 4.79 Å². The molecule has 0 bridgehead atoms. The average molecular weight is 297 g/mol. The molecule has 0 radical (unpaired) electrons. The lowest BCUT2D eigenvalue weighted by molar-refractivity contribution is 0.224. The van der Waals surface area contributed by atoms with Gasteiger partial charge in [-0.1, -0.05) is 24.3 Å². The predicted molar refractivity (Wildman–Crippen MR) is 93.5 cm³/mol. The maximum atomic E-state index is 11.9. The van der Waals surface area contributed by atoms with E-state index in [1.165, 1.54) is 0 Å². The molecule has 2 amide bonds. The Kier molecular flexibility index (Phi) is 5.04. The van der Waals surface area contributed by atoms with Gasteiger partial charge in [0, 0.05) is 39.1 Å². The van der Waals surface area contributed by atoms with Gasteiger partial charge in [0.2, 0.25) is 0 Å². The fourth-order valence-electron chi connectivity index (χ4n) is 2.09. The first-order valence-electron chi connectivity index (χ1n) is 7.41. The number of anilines is 2. The summed E-state index contributed by atoms with van der Waals surface area (Å²) in [4.78, 5) is 15.6. The number of amides is 2. The van der Waals surface area contributed by atoms with E-state index in [1.54, 1.807) is 11.9 Å². The van der Waals surface area contributed by atoms with Crippen LogP contribution in [0.25, 0.3) is 11.1 Å². The van der Waals surface area contributed by atoms with Crippen LogP contribution in [-0.2, 0) is 0 Å². The third kappa shape index (κ3) is 3.79. The van der Waals surface area contributed by atoms with Gasteiger partial charge < -0.3 is 15.1 Å². The number of nitrogens with zero attached hydrogens (tertiary/aromatic N) is 2. The number of carbonyl (C=O) groups is 1. The Morgan fingerprint density at radius 2 is 1.68 bits per heavy atom. The number of hydrogen-bond acceptors (Lipinski definition) is 2. The molecule has 0 aliphatic rings. The highest BCUT2D eigenvalue weighted by Crippen LogP contribution is 2.25. The summed E-state index contributed by atoms with van der Waals surface area (Å²) >= 11 is 0. The summed E-state index contributed by atoms with van der Waals surface area (Å²) in [5.41, 5.74) is 4.19. The van der Waals surface area contributed by atoms with Crippen molar-refractivity contribution >= 4 is 17.4 Å². The van der Waals surface area contributed by atoms with Gasteiger partial charge in [-0.25, -0.2) is 4.79 Å². The second kappa shape index (κ2) is 6.98. The second-order valence-corrected chi connectivity index (χ2v) is 5.47. The van der Waals surface area contributed by atoms with Crippen LogP contribution < -0.4 is 10.2 Å². The van der Waals surface area contributed by atoms with Gasteiger partial charge in [-0.2, -0.15) is 0 Å². The van der Waals surface area contributed by atoms with Gasteiger partial charge in [0.25, 0.3) is 0 Å². The molecule has 0 spiro atoms. The van der Waals surface area contributed by atoms with E-state index in [0.29, 0.717) is 6.54 Å². The van der Waals surface area contributed by atoms with E-state index < -0.39 is 0 Å². The summed E-state index contributed by atoms with van der Waals surface area (Å²) in [5, 5.41) is 2.91. The molecule has 22 heavy (non-hydrogen) atoms. The van der Waals surface area contributed by atoms with E-state index in [9.17, 15) is 4.79 Å². The normalized spacial score (nSPS) is 10.2. The zero-order valence-electron chi connectivity index (χ0n) is 13.6. The van der Waals surface area contributed by atoms with Gasteiger partial charge in [-0.05, 0) is 42.3 Å². The van der Waals surface area contributed by atoms with Crippen molar-refractivity contribution in [3.63, 3.8) is 0 Å². The smallest absolute Gasteiger partial charge is 0.321 e. The van der Waals surface area contributed by atoms with Crippen LogP contribution in [0.5, 0.6) is 0 Å². The fraction of sp³-hybridized carbons (Fsp3) is 0.278. The van der Waals surface area contributed by atoms with Crippen LogP contribution in [0.2, 0.25) is 0 Å². The summed E-state index contributed by atoms with van der Waals surface area (Å²) in [6.45, 7) is 2.62. The Bertz CT molecular complexity index is 635. The monoisotopic (exact) mass is 297 g/mol. The summed E-state index contributed by atoms with van der Waals surface area (Å²) in [6, 6.07) is 16.2. The zero-order chi connectivity index (χ0) is 16.1. The van der Waals surface area contributed by atoms with E-state index in [0.717, 1.165) is 22.5 Å². The predicted octanol–water partition coefficient (Wildman–Crippen LogP) is 3.90. The van der Waals surface area contributed by atoms with Gasteiger partial charge in [-0.15, -0.1) is 0 Å². The van der Waals surface area contributed by atoms with Crippen LogP contribution in [0.4, 0.5) is 16.2 Å². The molecule has 0 saturated heterocycles. The summed E-state index contributed by atoms with van der Waals surface area (Å²) < 4.78 is 0. The lowest BCUT2D eigenvalue weighted by Crippen LogP contribution is -2.30. The first-order chi connectivity index (χ1) is 10.5. The molecule has 2 aromatic rings. The van der Waals surface area contributed by atoms with Crippen molar-refractivity contribution in [3.05, 3.63) is 48.5 Å². The van der Waals surface area contributed by atoms with Gasteiger partial charge in [0.15, 0.2) is 0 Å². The summed E-state index contributed by atoms with van der Waals surface area (Å²) in [6.07, 6.45) is 0. The Morgan fingerprint density at radius 1 is 1.00 bits per heavy atom. The van der Waals surface area contributed by atoms with Crippen molar-refractivity contribution in [1.29, 1.82) is 0 Å². The van der Waals surface area contributed by atoms with Crippen molar-refractivity contribution in [2.75, 3.05) is 37.9 Å². The van der Waals surface area contributed by atoms with Crippen molar-refractivity contribution in [3.8, 4) is 11.1 Å². The minimum Gasteiger partial charge on any atom is -0.378 e. The van der Waals surface area contributed by atoms with Gasteiger partial charge in [-0.3, -0.25) is 0 Å². The first-order valence-corrected chi connectivity index (χ1v) is 7.41. The number of nitrogens with one attached hydrogen (secondary N) is 1. The topological polar surface area (TPSA) is 35.6 Å². The molecular formula is C18H23N3O. The lowest BCUT2D eigenvalue weighted by atomic mass is 10.0. The van der Waals surface area contributed by atoms with E-state index in [1.807, 2.05) is 45.3 Å². The van der Waals surface area contributed by atoms with E-state index in [4.69, 9.17) is 0 Å². The summed E-state index contributed by atoms with van der Waals surface area (Å²) in [5.74, 6) is 0. The number of benzene rings is 2. The highest BCUT2D eigenvalue weighted by molar-refractivity contribution is 5.90. The molecule has 4 nitrogen and oxygen atoms in total. The fourth-order valence-corrected chi connectivity index (χ4v) is 2.09. The highest BCUT2D eigenvalue weighted by atomic mass is 16.2. The zero-order valence-corrected chi connectivity index (χ0v) is 13.6. The second-order valence-electron chi connectivity index (χ2n) is 5.47. The molecule has 0 unspecified atom stereocenters. The molecule has 2 aromatic carbocycles. The van der Waals surface area contributed by atoms with E-state index in [2.05, 4.69) is 34.5 Å². The molecule has 0 aliphatic carbocycles. The van der Waals surface area contributed by atoms with Crippen LogP contribution in [0.15, 0.2) is 48.5 Å². The third-order valence-electron chi connectivity index (χ3n) is 3.65. The van der Waals surface area contributed by atoms with Gasteiger partial charge >= 0.3 is 6.03 Å². The Labute approximate surface area is 132 Å². The maximum Gasteiger partial charge on any atom is 0.321 e. The standard InChI is InChI=1S/C18H23N3O/c1-5-21(4)18(22)19-16-8-6-7-15(13-16)14-9-11-17(12-10-14)20(2)3/h6-13H,5H2,1-4H3,(H,19,22). The molecular weight excluding hydrogens is 274 g/mol. The molecule has 0 aliphatic heterocycles. The number of carbonyl (C=O) groups excluding carboxylic acids is 1. The van der Waals surface area contributed by atoms with Crippen molar-refractivity contribution in [2.45, 2.75) is 6.92 Å². The molecule has 1 N–H and O–H groups in total. The Balaban J connectivity index is 2.19. The van der Waals surface area contributed by atoms with Crippen LogP contribution in [0, 0.1) is 0 Å². The maximum absolute atomic E-state index is 11.9. The molecule has 0 fully saturated rings.